The maximum absolute atomic E-state index is 12.1. The highest BCUT2D eigenvalue weighted by molar-refractivity contribution is 9.10. The molecule has 5 nitrogen and oxygen atoms in total. The van der Waals surface area contributed by atoms with E-state index in [1.165, 1.54) is 0 Å². The molecule has 0 heterocycles. The summed E-state index contributed by atoms with van der Waals surface area (Å²) in [6.45, 7) is 5.80. The highest BCUT2D eigenvalue weighted by atomic mass is 79.9. The summed E-state index contributed by atoms with van der Waals surface area (Å²) in [5, 5.41) is 2.88. The minimum absolute atomic E-state index is 0.0553. The maximum Gasteiger partial charge on any atom is 0.238 e. The van der Waals surface area contributed by atoms with Crippen LogP contribution < -0.4 is 11.1 Å². The van der Waals surface area contributed by atoms with Crippen LogP contribution in [-0.2, 0) is 9.53 Å². The number of halogens is 1. The number of likely N-dealkylation sites (N-methyl/N-ethyl adjacent to an activating group) is 1. The first kappa shape index (κ1) is 16.9. The quantitative estimate of drug-likeness (QED) is 0.745. The van der Waals surface area contributed by atoms with Gasteiger partial charge in [-0.05, 0) is 47.6 Å². The first-order chi connectivity index (χ1) is 9.47. The van der Waals surface area contributed by atoms with Crippen LogP contribution in [0.2, 0.25) is 0 Å². The van der Waals surface area contributed by atoms with Crippen molar-refractivity contribution in [3.8, 4) is 0 Å². The molecule has 0 saturated heterocycles. The standard InChI is InChI=1S/C14H22BrN3O2/c1-4-18(10(2)9-20-3)8-14(19)17-13-6-5-11(16)7-12(13)15/h5-7,10H,4,8-9,16H2,1-3H3,(H,17,19). The van der Waals surface area contributed by atoms with Crippen LogP contribution in [0.5, 0.6) is 0 Å². The zero-order valence-corrected chi connectivity index (χ0v) is 13.7. The molecule has 0 radical (unpaired) electrons. The molecule has 1 rings (SSSR count). The Morgan fingerprint density at radius 3 is 2.80 bits per heavy atom. The number of nitrogens with zero attached hydrogens (tertiary/aromatic N) is 1. The zero-order chi connectivity index (χ0) is 15.1. The zero-order valence-electron chi connectivity index (χ0n) is 12.1. The van der Waals surface area contributed by atoms with E-state index < -0.39 is 0 Å². The van der Waals surface area contributed by atoms with E-state index in [1.54, 1.807) is 25.3 Å². The van der Waals surface area contributed by atoms with E-state index in [2.05, 4.69) is 26.1 Å². The second-order valence-corrected chi connectivity index (χ2v) is 5.51. The topological polar surface area (TPSA) is 67.6 Å². The van der Waals surface area contributed by atoms with Gasteiger partial charge in [0.05, 0.1) is 18.8 Å². The van der Waals surface area contributed by atoms with Crippen molar-refractivity contribution < 1.29 is 9.53 Å². The number of carbonyl (C=O) groups excluding carboxylic acids is 1. The second-order valence-electron chi connectivity index (χ2n) is 4.65. The van der Waals surface area contributed by atoms with Gasteiger partial charge in [0.2, 0.25) is 5.91 Å². The molecule has 1 amide bonds. The molecule has 20 heavy (non-hydrogen) atoms. The van der Waals surface area contributed by atoms with E-state index in [0.29, 0.717) is 18.8 Å². The molecule has 0 bridgehead atoms. The molecule has 6 heteroatoms. The largest absolute Gasteiger partial charge is 0.399 e. The normalized spacial score (nSPS) is 12.4. The summed E-state index contributed by atoms with van der Waals surface area (Å²) in [4.78, 5) is 14.1. The average molecular weight is 344 g/mol. The molecule has 0 aromatic heterocycles. The van der Waals surface area contributed by atoms with Gasteiger partial charge in [-0.15, -0.1) is 0 Å². The lowest BCUT2D eigenvalue weighted by atomic mass is 10.2. The summed E-state index contributed by atoms with van der Waals surface area (Å²) in [7, 11) is 1.66. The number of nitrogens with two attached hydrogens (primary N) is 1. The number of rotatable bonds is 7. The molecular formula is C14H22BrN3O2. The van der Waals surface area contributed by atoms with Crippen molar-refractivity contribution in [2.24, 2.45) is 0 Å². The molecule has 3 N–H and O–H groups in total. The van der Waals surface area contributed by atoms with E-state index in [1.807, 2.05) is 13.8 Å². The van der Waals surface area contributed by atoms with Crippen molar-refractivity contribution in [1.82, 2.24) is 4.90 Å². The second kappa shape index (κ2) is 8.24. The van der Waals surface area contributed by atoms with E-state index in [4.69, 9.17) is 10.5 Å². The lowest BCUT2D eigenvalue weighted by Gasteiger charge is -2.26. The number of ether oxygens (including phenoxy) is 1. The van der Waals surface area contributed by atoms with E-state index in [-0.39, 0.29) is 11.9 Å². The van der Waals surface area contributed by atoms with Crippen molar-refractivity contribution in [3.63, 3.8) is 0 Å². The number of hydrogen-bond donors (Lipinski definition) is 2. The summed E-state index contributed by atoms with van der Waals surface area (Å²) in [6, 6.07) is 5.50. The predicted octanol–water partition coefficient (Wildman–Crippen LogP) is 2.33. The number of hydrogen-bond acceptors (Lipinski definition) is 4. The number of methoxy groups -OCH3 is 1. The molecule has 0 aliphatic rings. The third-order valence-electron chi connectivity index (χ3n) is 3.05. The molecule has 0 saturated carbocycles. The van der Waals surface area contributed by atoms with Gasteiger partial charge < -0.3 is 15.8 Å². The third-order valence-corrected chi connectivity index (χ3v) is 3.71. The van der Waals surface area contributed by atoms with E-state index in [9.17, 15) is 4.79 Å². The minimum Gasteiger partial charge on any atom is -0.399 e. The molecule has 1 unspecified atom stereocenters. The molecular weight excluding hydrogens is 322 g/mol. The molecule has 0 spiro atoms. The number of nitrogen functional groups attached to an aromatic ring is 1. The van der Waals surface area contributed by atoms with Gasteiger partial charge in [-0.2, -0.15) is 0 Å². The highest BCUT2D eigenvalue weighted by Crippen LogP contribution is 2.24. The molecule has 1 atom stereocenters. The molecule has 0 aliphatic heterocycles. The van der Waals surface area contributed by atoms with Gasteiger partial charge in [-0.1, -0.05) is 6.92 Å². The van der Waals surface area contributed by atoms with Crippen LogP contribution in [0.3, 0.4) is 0 Å². The predicted molar refractivity (Wildman–Crippen MR) is 85.8 cm³/mol. The van der Waals surface area contributed by atoms with Crippen LogP contribution in [0, 0.1) is 0 Å². The number of amides is 1. The molecule has 0 aliphatic carbocycles. The number of carbonyl (C=O) groups is 1. The monoisotopic (exact) mass is 343 g/mol. The summed E-state index contributed by atoms with van der Waals surface area (Å²) in [6.07, 6.45) is 0. The fourth-order valence-corrected chi connectivity index (χ4v) is 2.43. The summed E-state index contributed by atoms with van der Waals surface area (Å²) < 4.78 is 5.90. The average Bonchev–Trinajstić information content (AvgIpc) is 2.39. The minimum atomic E-state index is -0.0553. The van der Waals surface area contributed by atoms with Crippen LogP contribution in [-0.4, -0.2) is 43.7 Å². The van der Waals surface area contributed by atoms with Crippen LogP contribution in [0.4, 0.5) is 11.4 Å². The Morgan fingerprint density at radius 2 is 2.25 bits per heavy atom. The lowest BCUT2D eigenvalue weighted by Crippen LogP contribution is -2.41. The summed E-state index contributed by atoms with van der Waals surface area (Å²) >= 11 is 3.38. The van der Waals surface area contributed by atoms with Crippen molar-refractivity contribution in [1.29, 1.82) is 0 Å². The number of nitrogens with one attached hydrogen (secondary N) is 1. The first-order valence-corrected chi connectivity index (χ1v) is 7.35. The smallest absolute Gasteiger partial charge is 0.238 e. The Bertz CT molecular complexity index is 454. The van der Waals surface area contributed by atoms with Gasteiger partial charge >= 0.3 is 0 Å². The molecule has 112 valence electrons. The Kier molecular flexibility index (Phi) is 6.98. The van der Waals surface area contributed by atoms with Crippen LogP contribution in [0.15, 0.2) is 22.7 Å². The molecule has 0 fully saturated rings. The fraction of sp³-hybridized carbons (Fsp3) is 0.500. The Labute approximate surface area is 128 Å². The van der Waals surface area contributed by atoms with Crippen molar-refractivity contribution in [2.45, 2.75) is 19.9 Å². The van der Waals surface area contributed by atoms with Crippen molar-refractivity contribution in [2.75, 3.05) is 37.9 Å². The van der Waals surface area contributed by atoms with Crippen LogP contribution in [0.1, 0.15) is 13.8 Å². The Morgan fingerprint density at radius 1 is 1.55 bits per heavy atom. The van der Waals surface area contributed by atoms with Crippen molar-refractivity contribution >= 4 is 33.2 Å². The van der Waals surface area contributed by atoms with Gasteiger partial charge in [-0.3, -0.25) is 9.69 Å². The van der Waals surface area contributed by atoms with E-state index >= 15 is 0 Å². The highest BCUT2D eigenvalue weighted by Gasteiger charge is 2.16. The SMILES string of the molecule is CCN(CC(=O)Nc1ccc(N)cc1Br)C(C)COC. The Hall–Kier alpha value is -1.11. The van der Waals surface area contributed by atoms with Gasteiger partial charge in [-0.25, -0.2) is 0 Å². The molecule has 1 aromatic carbocycles. The van der Waals surface area contributed by atoms with Crippen LogP contribution in [0.25, 0.3) is 0 Å². The summed E-state index contributed by atoms with van der Waals surface area (Å²) in [5.74, 6) is -0.0553. The van der Waals surface area contributed by atoms with Gasteiger partial charge in [0, 0.05) is 23.3 Å². The maximum atomic E-state index is 12.1. The third kappa shape index (κ3) is 5.11. The fourth-order valence-electron chi connectivity index (χ4n) is 1.93. The number of anilines is 2. The van der Waals surface area contributed by atoms with E-state index in [0.717, 1.165) is 16.7 Å². The van der Waals surface area contributed by atoms with Gasteiger partial charge in [0.15, 0.2) is 0 Å². The number of benzene rings is 1. The molecule has 1 aromatic rings. The Balaban J connectivity index is 2.61. The van der Waals surface area contributed by atoms with Crippen molar-refractivity contribution in [3.05, 3.63) is 22.7 Å². The first-order valence-electron chi connectivity index (χ1n) is 6.55. The van der Waals surface area contributed by atoms with Gasteiger partial charge in [0.25, 0.3) is 0 Å². The van der Waals surface area contributed by atoms with Crippen LogP contribution >= 0.6 is 15.9 Å². The summed E-state index contributed by atoms with van der Waals surface area (Å²) in [5.41, 5.74) is 7.04. The van der Waals surface area contributed by atoms with Gasteiger partial charge in [0.1, 0.15) is 0 Å². The lowest BCUT2D eigenvalue weighted by molar-refractivity contribution is -0.118.